The first-order chi connectivity index (χ1) is 11.5. The van der Waals surface area contributed by atoms with Crippen LogP contribution >= 0.6 is 0 Å². The van der Waals surface area contributed by atoms with Crippen LogP contribution in [0.2, 0.25) is 0 Å². The van der Waals surface area contributed by atoms with Gasteiger partial charge in [0.15, 0.2) is 0 Å². The fraction of sp³-hybridized carbons (Fsp3) is 0.368. The van der Waals surface area contributed by atoms with E-state index >= 15 is 0 Å². The number of carbonyl (C=O) groups excluding carboxylic acids is 1. The molecule has 0 radical (unpaired) electrons. The Morgan fingerprint density at radius 2 is 1.92 bits per heavy atom. The number of aromatic nitrogens is 1. The summed E-state index contributed by atoms with van der Waals surface area (Å²) in [5, 5.41) is 2.98. The minimum atomic E-state index is -0.197. The molecule has 0 spiro atoms. The van der Waals surface area contributed by atoms with E-state index in [1.54, 1.807) is 25.4 Å². The molecule has 1 amide bonds. The Kier molecular flexibility index (Phi) is 5.79. The molecule has 1 N–H and O–H groups in total. The van der Waals surface area contributed by atoms with Crippen LogP contribution in [0.5, 0.6) is 11.6 Å². The summed E-state index contributed by atoms with van der Waals surface area (Å²) >= 11 is 0. The Bertz CT molecular complexity index is 681. The fourth-order valence-corrected chi connectivity index (χ4v) is 2.33. The lowest BCUT2D eigenvalue weighted by Gasteiger charge is -2.26. The topological polar surface area (TPSA) is 60.5 Å². The van der Waals surface area contributed by atoms with Crippen molar-refractivity contribution in [3.8, 4) is 11.6 Å². The average Bonchev–Trinajstić information content (AvgIpc) is 2.60. The summed E-state index contributed by atoms with van der Waals surface area (Å²) in [4.78, 5) is 16.4. The number of nitrogens with zero attached hydrogens (tertiary/aromatic N) is 1. The number of nitrogens with one attached hydrogen (secondary N) is 1. The summed E-state index contributed by atoms with van der Waals surface area (Å²) in [6, 6.07) is 11.2. The second kappa shape index (κ2) is 7.81. The van der Waals surface area contributed by atoms with E-state index in [9.17, 15) is 4.79 Å². The number of amides is 1. The quantitative estimate of drug-likeness (QED) is 0.848. The van der Waals surface area contributed by atoms with Crippen molar-refractivity contribution in [3.05, 3.63) is 53.7 Å². The van der Waals surface area contributed by atoms with Crippen LogP contribution in [-0.4, -0.2) is 31.2 Å². The van der Waals surface area contributed by atoms with Gasteiger partial charge in [-0.25, -0.2) is 4.98 Å². The van der Waals surface area contributed by atoms with Crippen LogP contribution in [0.3, 0.4) is 0 Å². The molecule has 0 aliphatic carbocycles. The molecule has 1 aromatic heterocycles. The minimum absolute atomic E-state index is 0.139. The van der Waals surface area contributed by atoms with Crippen LogP contribution in [-0.2, 0) is 5.41 Å². The molecule has 5 nitrogen and oxygen atoms in total. The molecule has 2 aromatic rings. The Morgan fingerprint density at radius 3 is 2.54 bits per heavy atom. The van der Waals surface area contributed by atoms with E-state index in [1.807, 2.05) is 31.2 Å². The number of hydrogen-bond acceptors (Lipinski definition) is 4. The van der Waals surface area contributed by atoms with Gasteiger partial charge in [-0.3, -0.25) is 4.79 Å². The number of benzene rings is 1. The molecule has 0 aliphatic heterocycles. The van der Waals surface area contributed by atoms with E-state index in [0.29, 0.717) is 24.6 Å². The number of pyridine rings is 1. The zero-order valence-corrected chi connectivity index (χ0v) is 14.6. The standard InChI is InChI=1S/C19H24N2O3/c1-5-24-17-12-14(10-11-20-17)18(22)21-13-19(2,3)15-6-8-16(23-4)9-7-15/h6-12H,5,13H2,1-4H3,(H,21,22). The highest BCUT2D eigenvalue weighted by molar-refractivity contribution is 5.94. The van der Waals surface area contributed by atoms with Crippen molar-refractivity contribution in [2.75, 3.05) is 20.3 Å². The van der Waals surface area contributed by atoms with Crippen molar-refractivity contribution in [1.29, 1.82) is 0 Å². The van der Waals surface area contributed by atoms with Crippen molar-refractivity contribution in [1.82, 2.24) is 10.3 Å². The molecule has 24 heavy (non-hydrogen) atoms. The SMILES string of the molecule is CCOc1cc(C(=O)NCC(C)(C)c2ccc(OC)cc2)ccn1. The number of rotatable bonds is 7. The van der Waals surface area contributed by atoms with Crippen LogP contribution in [0.4, 0.5) is 0 Å². The molecular formula is C19H24N2O3. The van der Waals surface area contributed by atoms with Crippen molar-refractivity contribution in [3.63, 3.8) is 0 Å². The van der Waals surface area contributed by atoms with Gasteiger partial charge in [-0.05, 0) is 30.7 Å². The first-order valence-corrected chi connectivity index (χ1v) is 7.98. The summed E-state index contributed by atoms with van der Waals surface area (Å²) in [7, 11) is 1.64. The molecule has 5 heteroatoms. The van der Waals surface area contributed by atoms with Crippen molar-refractivity contribution >= 4 is 5.91 Å². The van der Waals surface area contributed by atoms with E-state index in [4.69, 9.17) is 9.47 Å². The normalized spacial score (nSPS) is 11.0. The molecule has 2 rings (SSSR count). The fourth-order valence-electron chi connectivity index (χ4n) is 2.33. The Morgan fingerprint density at radius 1 is 1.21 bits per heavy atom. The maximum Gasteiger partial charge on any atom is 0.251 e. The molecule has 1 heterocycles. The van der Waals surface area contributed by atoms with Gasteiger partial charge < -0.3 is 14.8 Å². The molecule has 0 saturated carbocycles. The predicted molar refractivity (Wildman–Crippen MR) is 93.8 cm³/mol. The summed E-state index contributed by atoms with van der Waals surface area (Å²) in [6.45, 7) is 7.10. The Hall–Kier alpha value is -2.56. The van der Waals surface area contributed by atoms with Gasteiger partial charge >= 0.3 is 0 Å². The lowest BCUT2D eigenvalue weighted by molar-refractivity contribution is 0.0945. The largest absolute Gasteiger partial charge is 0.497 e. The van der Waals surface area contributed by atoms with Crippen LogP contribution in [0.1, 0.15) is 36.7 Å². The third kappa shape index (κ3) is 4.47. The molecule has 1 aromatic carbocycles. The molecule has 0 saturated heterocycles. The first-order valence-electron chi connectivity index (χ1n) is 7.98. The van der Waals surface area contributed by atoms with Gasteiger partial charge in [-0.2, -0.15) is 0 Å². The minimum Gasteiger partial charge on any atom is -0.497 e. The third-order valence-corrected chi connectivity index (χ3v) is 3.85. The average molecular weight is 328 g/mol. The molecule has 0 bridgehead atoms. The van der Waals surface area contributed by atoms with Gasteiger partial charge in [-0.15, -0.1) is 0 Å². The van der Waals surface area contributed by atoms with Crippen LogP contribution < -0.4 is 14.8 Å². The van der Waals surface area contributed by atoms with Crippen LogP contribution in [0.15, 0.2) is 42.6 Å². The summed E-state index contributed by atoms with van der Waals surface area (Å²) in [5.74, 6) is 1.14. The molecular weight excluding hydrogens is 304 g/mol. The second-order valence-corrected chi connectivity index (χ2v) is 6.11. The maximum absolute atomic E-state index is 12.4. The zero-order chi connectivity index (χ0) is 17.6. The molecule has 0 atom stereocenters. The van der Waals surface area contributed by atoms with E-state index in [2.05, 4.69) is 24.1 Å². The lowest BCUT2D eigenvalue weighted by atomic mass is 9.84. The molecule has 0 fully saturated rings. The monoisotopic (exact) mass is 328 g/mol. The van der Waals surface area contributed by atoms with Gasteiger partial charge in [0.05, 0.1) is 13.7 Å². The van der Waals surface area contributed by atoms with E-state index in [-0.39, 0.29) is 11.3 Å². The molecule has 0 unspecified atom stereocenters. The van der Waals surface area contributed by atoms with Gasteiger partial charge in [0.1, 0.15) is 5.75 Å². The van der Waals surface area contributed by atoms with Crippen LogP contribution in [0, 0.1) is 0 Å². The summed E-state index contributed by atoms with van der Waals surface area (Å²) in [6.07, 6.45) is 1.58. The predicted octanol–water partition coefficient (Wildman–Crippen LogP) is 3.20. The first kappa shape index (κ1) is 17.8. The molecule has 128 valence electrons. The van der Waals surface area contributed by atoms with E-state index in [1.165, 1.54) is 0 Å². The Balaban J connectivity index is 2.02. The highest BCUT2D eigenvalue weighted by atomic mass is 16.5. The summed E-state index contributed by atoms with van der Waals surface area (Å²) in [5.41, 5.74) is 1.48. The highest BCUT2D eigenvalue weighted by Crippen LogP contribution is 2.24. The number of ether oxygens (including phenoxy) is 2. The number of methoxy groups -OCH3 is 1. The third-order valence-electron chi connectivity index (χ3n) is 3.85. The van der Waals surface area contributed by atoms with Crippen LogP contribution in [0.25, 0.3) is 0 Å². The zero-order valence-electron chi connectivity index (χ0n) is 14.6. The van der Waals surface area contributed by atoms with Crippen molar-refractivity contribution in [2.24, 2.45) is 0 Å². The summed E-state index contributed by atoms with van der Waals surface area (Å²) < 4.78 is 10.5. The number of carbonyl (C=O) groups is 1. The maximum atomic E-state index is 12.4. The van der Waals surface area contributed by atoms with Gasteiger partial charge in [0, 0.05) is 29.8 Å². The Labute approximate surface area is 143 Å². The number of hydrogen-bond donors (Lipinski definition) is 1. The van der Waals surface area contributed by atoms with Gasteiger partial charge in [0.25, 0.3) is 5.91 Å². The van der Waals surface area contributed by atoms with Gasteiger partial charge in [0.2, 0.25) is 5.88 Å². The van der Waals surface area contributed by atoms with E-state index < -0.39 is 0 Å². The van der Waals surface area contributed by atoms with Crippen molar-refractivity contribution in [2.45, 2.75) is 26.2 Å². The second-order valence-electron chi connectivity index (χ2n) is 6.11. The van der Waals surface area contributed by atoms with E-state index in [0.717, 1.165) is 11.3 Å². The van der Waals surface area contributed by atoms with Gasteiger partial charge in [-0.1, -0.05) is 26.0 Å². The lowest BCUT2D eigenvalue weighted by Crippen LogP contribution is -2.36. The molecule has 0 aliphatic rings. The smallest absolute Gasteiger partial charge is 0.251 e. The van der Waals surface area contributed by atoms with Crippen molar-refractivity contribution < 1.29 is 14.3 Å². The highest BCUT2D eigenvalue weighted by Gasteiger charge is 2.22.